The number of piperazine rings is 1. The molecule has 154 valence electrons. The van der Waals surface area contributed by atoms with Gasteiger partial charge in [0.1, 0.15) is 6.67 Å². The van der Waals surface area contributed by atoms with Gasteiger partial charge in [-0.2, -0.15) is 8.99 Å². The Kier molecular flexibility index (Phi) is 5.43. The van der Waals surface area contributed by atoms with Crippen molar-refractivity contribution < 1.29 is 12.8 Å². The summed E-state index contributed by atoms with van der Waals surface area (Å²) in [6.07, 6.45) is 0. The molecule has 1 fully saturated rings. The SMILES string of the molecule is Cc1ccc(S(=O)(=O)N2CCN(Cn3nc(-c4cccs4)oc3=O)CC2)c(C)c1. The van der Waals surface area contributed by atoms with Crippen molar-refractivity contribution in [3.8, 4) is 10.8 Å². The molecule has 3 aromatic rings. The molecule has 1 aliphatic heterocycles. The molecule has 8 nitrogen and oxygen atoms in total. The maximum absolute atomic E-state index is 13.0. The van der Waals surface area contributed by atoms with Crippen LogP contribution in [-0.2, 0) is 16.7 Å². The highest BCUT2D eigenvalue weighted by Crippen LogP contribution is 2.23. The topological polar surface area (TPSA) is 88.7 Å². The van der Waals surface area contributed by atoms with Crippen LogP contribution in [0.4, 0.5) is 0 Å². The number of benzene rings is 1. The summed E-state index contributed by atoms with van der Waals surface area (Å²) in [6, 6.07) is 9.09. The first-order valence-electron chi connectivity index (χ1n) is 9.26. The van der Waals surface area contributed by atoms with Crippen LogP contribution in [0.3, 0.4) is 0 Å². The number of aromatic nitrogens is 2. The molecule has 1 saturated heterocycles. The second-order valence-electron chi connectivity index (χ2n) is 7.08. The Morgan fingerprint density at radius 2 is 1.90 bits per heavy atom. The van der Waals surface area contributed by atoms with Crippen LogP contribution < -0.4 is 5.76 Å². The lowest BCUT2D eigenvalue weighted by Crippen LogP contribution is -2.49. The van der Waals surface area contributed by atoms with Gasteiger partial charge in [-0.25, -0.2) is 13.2 Å². The minimum Gasteiger partial charge on any atom is -0.387 e. The maximum Gasteiger partial charge on any atom is 0.438 e. The summed E-state index contributed by atoms with van der Waals surface area (Å²) in [6.45, 7) is 5.77. The predicted octanol–water partition coefficient (Wildman–Crippen LogP) is 2.15. The minimum atomic E-state index is -3.53. The normalized spacial score (nSPS) is 16.3. The fourth-order valence-corrected chi connectivity index (χ4v) is 5.70. The monoisotopic (exact) mass is 434 g/mol. The predicted molar refractivity (Wildman–Crippen MR) is 110 cm³/mol. The van der Waals surface area contributed by atoms with Crippen LogP contribution in [-0.4, -0.2) is 53.6 Å². The van der Waals surface area contributed by atoms with Gasteiger partial charge in [-0.05, 0) is 36.9 Å². The zero-order chi connectivity index (χ0) is 20.6. The Balaban J connectivity index is 1.43. The third kappa shape index (κ3) is 4.06. The summed E-state index contributed by atoms with van der Waals surface area (Å²) in [7, 11) is -3.53. The van der Waals surface area contributed by atoms with Crippen LogP contribution in [0.25, 0.3) is 10.8 Å². The molecule has 1 aliphatic rings. The Labute approximate surface area is 173 Å². The second kappa shape index (κ2) is 7.86. The molecule has 10 heteroatoms. The zero-order valence-electron chi connectivity index (χ0n) is 16.2. The number of hydrogen-bond donors (Lipinski definition) is 0. The first kappa shape index (κ1) is 20.0. The van der Waals surface area contributed by atoms with E-state index >= 15 is 0 Å². The van der Waals surface area contributed by atoms with Crippen LogP contribution in [0.15, 0.2) is 49.8 Å². The van der Waals surface area contributed by atoms with E-state index in [4.69, 9.17) is 4.42 Å². The highest BCUT2D eigenvalue weighted by Gasteiger charge is 2.30. The van der Waals surface area contributed by atoms with Crippen LogP contribution >= 0.6 is 11.3 Å². The van der Waals surface area contributed by atoms with E-state index in [2.05, 4.69) is 5.10 Å². The molecular formula is C19H22N4O4S2. The molecule has 0 amide bonds. The standard InChI is InChI=1S/C19H22N4O4S2/c1-14-5-6-17(15(2)12-14)29(25,26)22-9-7-21(8-10-22)13-23-19(24)27-18(20-23)16-4-3-11-28-16/h3-6,11-12H,7-10,13H2,1-2H3. The maximum atomic E-state index is 13.0. The van der Waals surface area contributed by atoms with Crippen LogP contribution in [0.5, 0.6) is 0 Å². The molecule has 0 radical (unpaired) electrons. The summed E-state index contributed by atoms with van der Waals surface area (Å²) in [5.74, 6) is -0.209. The van der Waals surface area contributed by atoms with E-state index in [1.807, 2.05) is 48.4 Å². The average molecular weight is 435 g/mol. The fourth-order valence-electron chi connectivity index (χ4n) is 3.42. The number of aryl methyl sites for hydroxylation is 2. The third-order valence-corrected chi connectivity index (χ3v) is 7.87. The summed E-state index contributed by atoms with van der Waals surface area (Å²) in [4.78, 5) is 15.2. The van der Waals surface area contributed by atoms with Gasteiger partial charge in [0.05, 0.1) is 9.77 Å². The van der Waals surface area contributed by atoms with E-state index in [0.717, 1.165) is 16.0 Å². The number of rotatable bonds is 5. The number of sulfonamides is 1. The molecule has 0 unspecified atom stereocenters. The van der Waals surface area contributed by atoms with Crippen LogP contribution in [0.1, 0.15) is 11.1 Å². The minimum absolute atomic E-state index is 0.269. The lowest BCUT2D eigenvalue weighted by molar-refractivity contribution is 0.142. The van der Waals surface area contributed by atoms with Crippen LogP contribution in [0, 0.1) is 13.8 Å². The molecule has 0 aliphatic carbocycles. The third-order valence-electron chi connectivity index (χ3n) is 4.95. The van der Waals surface area contributed by atoms with Gasteiger partial charge in [0.15, 0.2) is 0 Å². The molecular weight excluding hydrogens is 412 g/mol. The molecule has 0 saturated carbocycles. The quantitative estimate of drug-likeness (QED) is 0.611. The average Bonchev–Trinajstić information content (AvgIpc) is 3.32. The van der Waals surface area contributed by atoms with E-state index in [0.29, 0.717) is 37.0 Å². The van der Waals surface area contributed by atoms with Crippen molar-refractivity contribution in [2.45, 2.75) is 25.4 Å². The Morgan fingerprint density at radius 1 is 1.14 bits per heavy atom. The Morgan fingerprint density at radius 3 is 2.55 bits per heavy atom. The van der Waals surface area contributed by atoms with Crippen LogP contribution in [0.2, 0.25) is 0 Å². The summed E-state index contributed by atoms with van der Waals surface area (Å²) in [5.41, 5.74) is 1.79. The number of nitrogens with zero attached hydrogens (tertiary/aromatic N) is 4. The Hall–Kier alpha value is -2.27. The van der Waals surface area contributed by atoms with E-state index < -0.39 is 15.8 Å². The van der Waals surface area contributed by atoms with E-state index in [1.165, 1.54) is 20.3 Å². The van der Waals surface area contributed by atoms with Gasteiger partial charge in [-0.3, -0.25) is 4.90 Å². The first-order chi connectivity index (χ1) is 13.8. The molecule has 1 aromatic carbocycles. The second-order valence-corrected chi connectivity index (χ2v) is 9.94. The molecule has 0 spiro atoms. The largest absolute Gasteiger partial charge is 0.438 e. The van der Waals surface area contributed by atoms with Gasteiger partial charge >= 0.3 is 5.76 Å². The number of thiophene rings is 1. The lowest BCUT2D eigenvalue weighted by atomic mass is 10.2. The van der Waals surface area contributed by atoms with Gasteiger partial charge in [-0.1, -0.05) is 23.8 Å². The molecule has 0 bridgehead atoms. The highest BCUT2D eigenvalue weighted by molar-refractivity contribution is 7.89. The van der Waals surface area contributed by atoms with Crippen molar-refractivity contribution >= 4 is 21.4 Å². The van der Waals surface area contributed by atoms with Crippen molar-refractivity contribution in [2.75, 3.05) is 26.2 Å². The van der Waals surface area contributed by atoms with E-state index in [9.17, 15) is 13.2 Å². The molecule has 0 N–H and O–H groups in total. The summed E-state index contributed by atoms with van der Waals surface area (Å²) in [5, 5.41) is 6.15. The van der Waals surface area contributed by atoms with Crippen molar-refractivity contribution in [2.24, 2.45) is 0 Å². The molecule has 3 heterocycles. The highest BCUT2D eigenvalue weighted by atomic mass is 32.2. The Bertz CT molecular complexity index is 1160. The van der Waals surface area contributed by atoms with Gasteiger partial charge in [0, 0.05) is 26.2 Å². The van der Waals surface area contributed by atoms with Gasteiger partial charge in [0.2, 0.25) is 10.0 Å². The lowest BCUT2D eigenvalue weighted by Gasteiger charge is -2.33. The molecule has 29 heavy (non-hydrogen) atoms. The van der Waals surface area contributed by atoms with E-state index in [-0.39, 0.29) is 6.67 Å². The van der Waals surface area contributed by atoms with Crippen molar-refractivity contribution in [1.29, 1.82) is 0 Å². The van der Waals surface area contributed by atoms with Gasteiger partial charge < -0.3 is 4.42 Å². The first-order valence-corrected chi connectivity index (χ1v) is 11.6. The van der Waals surface area contributed by atoms with E-state index in [1.54, 1.807) is 6.07 Å². The van der Waals surface area contributed by atoms with Gasteiger partial charge in [0.25, 0.3) is 5.89 Å². The molecule has 0 atom stereocenters. The van der Waals surface area contributed by atoms with Crippen molar-refractivity contribution in [1.82, 2.24) is 19.0 Å². The molecule has 2 aromatic heterocycles. The molecule has 4 rings (SSSR count). The summed E-state index contributed by atoms with van der Waals surface area (Å²) >= 11 is 1.45. The number of hydrogen-bond acceptors (Lipinski definition) is 7. The summed E-state index contributed by atoms with van der Waals surface area (Å²) < 4.78 is 34.0. The zero-order valence-corrected chi connectivity index (χ0v) is 17.9. The van der Waals surface area contributed by atoms with Crippen molar-refractivity contribution in [3.05, 3.63) is 57.4 Å². The smallest absolute Gasteiger partial charge is 0.387 e. The van der Waals surface area contributed by atoms with Crippen molar-refractivity contribution in [3.63, 3.8) is 0 Å². The van der Waals surface area contributed by atoms with Gasteiger partial charge in [-0.15, -0.1) is 16.4 Å². The fraction of sp³-hybridized carbons (Fsp3) is 0.368.